The first-order valence-corrected chi connectivity index (χ1v) is 7.45. The monoisotopic (exact) mass is 283 g/mol. The van der Waals surface area contributed by atoms with Crippen LogP contribution >= 0.6 is 0 Å². The zero-order chi connectivity index (χ0) is 14.7. The Bertz CT molecular complexity index is 680. The van der Waals surface area contributed by atoms with E-state index in [0.717, 1.165) is 36.1 Å². The second kappa shape index (κ2) is 6.14. The van der Waals surface area contributed by atoms with Crippen molar-refractivity contribution in [2.24, 2.45) is 7.05 Å². The van der Waals surface area contributed by atoms with E-state index < -0.39 is 0 Å². The van der Waals surface area contributed by atoms with Gasteiger partial charge in [0.15, 0.2) is 0 Å². The van der Waals surface area contributed by atoms with Crippen molar-refractivity contribution >= 4 is 11.0 Å². The summed E-state index contributed by atoms with van der Waals surface area (Å²) in [7, 11) is 1.95. The molecule has 2 heterocycles. The van der Waals surface area contributed by atoms with Crippen LogP contribution in [0, 0.1) is 0 Å². The van der Waals surface area contributed by atoms with Crippen molar-refractivity contribution in [1.82, 2.24) is 15.1 Å². The van der Waals surface area contributed by atoms with Crippen molar-refractivity contribution in [1.29, 1.82) is 0 Å². The number of para-hydroxylation sites is 1. The second-order valence-electron chi connectivity index (χ2n) is 5.36. The number of nitrogens with zero attached hydrogens (tertiary/aromatic N) is 2. The van der Waals surface area contributed by atoms with E-state index in [2.05, 4.69) is 35.7 Å². The zero-order valence-electron chi connectivity index (χ0n) is 12.5. The van der Waals surface area contributed by atoms with Crippen molar-refractivity contribution in [2.75, 3.05) is 6.54 Å². The molecule has 3 aromatic rings. The molecule has 1 atom stereocenters. The van der Waals surface area contributed by atoms with Crippen molar-refractivity contribution < 1.29 is 4.42 Å². The molecule has 0 fully saturated rings. The summed E-state index contributed by atoms with van der Waals surface area (Å²) in [5.41, 5.74) is 2.22. The first kappa shape index (κ1) is 13.9. The number of aromatic nitrogens is 2. The quantitative estimate of drug-likeness (QED) is 0.753. The summed E-state index contributed by atoms with van der Waals surface area (Å²) in [5, 5.41) is 8.90. The lowest BCUT2D eigenvalue weighted by Gasteiger charge is -2.14. The lowest BCUT2D eigenvalue weighted by atomic mass is 10.1. The fraction of sp³-hybridized carbons (Fsp3) is 0.353. The van der Waals surface area contributed by atoms with Gasteiger partial charge in [0.05, 0.1) is 12.2 Å². The van der Waals surface area contributed by atoms with Crippen LogP contribution in [-0.4, -0.2) is 16.3 Å². The number of nitrogens with one attached hydrogen (secondary N) is 1. The number of benzene rings is 1. The van der Waals surface area contributed by atoms with Crippen molar-refractivity contribution in [2.45, 2.75) is 25.8 Å². The van der Waals surface area contributed by atoms with Crippen LogP contribution in [0.2, 0.25) is 0 Å². The largest absolute Gasteiger partial charge is 0.459 e. The van der Waals surface area contributed by atoms with E-state index in [9.17, 15) is 0 Å². The third kappa shape index (κ3) is 3.16. The Morgan fingerprint density at radius 3 is 2.90 bits per heavy atom. The maximum absolute atomic E-state index is 5.99. The Morgan fingerprint density at radius 1 is 1.33 bits per heavy atom. The minimum absolute atomic E-state index is 0.239. The first-order chi connectivity index (χ1) is 10.3. The van der Waals surface area contributed by atoms with Gasteiger partial charge < -0.3 is 9.73 Å². The normalized spacial score (nSPS) is 12.9. The summed E-state index contributed by atoms with van der Waals surface area (Å²) in [6.07, 6.45) is 5.99. The summed E-state index contributed by atoms with van der Waals surface area (Å²) < 4.78 is 7.84. The summed E-state index contributed by atoms with van der Waals surface area (Å²) in [4.78, 5) is 0. The molecular weight excluding hydrogens is 262 g/mol. The van der Waals surface area contributed by atoms with Crippen LogP contribution in [0.1, 0.15) is 30.7 Å². The second-order valence-corrected chi connectivity index (χ2v) is 5.36. The fourth-order valence-electron chi connectivity index (χ4n) is 2.68. The molecule has 0 saturated heterocycles. The van der Waals surface area contributed by atoms with E-state index in [0.29, 0.717) is 0 Å². The lowest BCUT2D eigenvalue weighted by Crippen LogP contribution is -2.21. The van der Waals surface area contributed by atoms with Gasteiger partial charge in [-0.3, -0.25) is 4.68 Å². The Morgan fingerprint density at radius 2 is 2.19 bits per heavy atom. The average Bonchev–Trinajstić information content (AvgIpc) is 3.09. The number of hydrogen-bond acceptors (Lipinski definition) is 3. The number of furan rings is 1. The number of fused-ring (bicyclic) bond motifs is 1. The van der Waals surface area contributed by atoms with Crippen LogP contribution in [0.3, 0.4) is 0 Å². The molecule has 0 radical (unpaired) electrons. The topological polar surface area (TPSA) is 43.0 Å². The predicted octanol–water partition coefficient (Wildman–Crippen LogP) is 3.45. The fourth-order valence-corrected chi connectivity index (χ4v) is 2.68. The highest BCUT2D eigenvalue weighted by molar-refractivity contribution is 5.77. The minimum Gasteiger partial charge on any atom is -0.459 e. The Labute approximate surface area is 124 Å². The third-order valence-electron chi connectivity index (χ3n) is 3.72. The third-order valence-corrected chi connectivity index (χ3v) is 3.72. The molecular formula is C17H21N3O. The maximum Gasteiger partial charge on any atom is 0.134 e. The van der Waals surface area contributed by atoms with E-state index in [1.165, 1.54) is 5.56 Å². The van der Waals surface area contributed by atoms with Crippen LogP contribution < -0.4 is 5.32 Å². The molecule has 0 amide bonds. The molecule has 0 aliphatic heterocycles. The predicted molar refractivity (Wildman–Crippen MR) is 84.2 cm³/mol. The molecule has 0 saturated carbocycles. The molecule has 0 aliphatic carbocycles. The summed E-state index contributed by atoms with van der Waals surface area (Å²) in [6, 6.07) is 10.5. The van der Waals surface area contributed by atoms with E-state index in [4.69, 9.17) is 4.42 Å². The molecule has 4 heteroatoms. The Balaban J connectivity index is 1.76. The van der Waals surface area contributed by atoms with Gasteiger partial charge in [-0.25, -0.2) is 0 Å². The van der Waals surface area contributed by atoms with E-state index in [1.54, 1.807) is 0 Å². The highest BCUT2D eigenvalue weighted by atomic mass is 16.3. The molecule has 1 unspecified atom stereocenters. The number of hydrogen-bond donors (Lipinski definition) is 1. The maximum atomic E-state index is 5.99. The molecule has 1 aromatic carbocycles. The van der Waals surface area contributed by atoms with Crippen LogP contribution in [0.25, 0.3) is 11.0 Å². The first-order valence-electron chi connectivity index (χ1n) is 7.45. The van der Waals surface area contributed by atoms with E-state index in [-0.39, 0.29) is 6.04 Å². The Kier molecular flexibility index (Phi) is 4.06. The molecule has 110 valence electrons. The minimum atomic E-state index is 0.239. The van der Waals surface area contributed by atoms with Crippen molar-refractivity contribution in [3.8, 4) is 0 Å². The molecule has 0 bridgehead atoms. The summed E-state index contributed by atoms with van der Waals surface area (Å²) >= 11 is 0. The van der Waals surface area contributed by atoms with Crippen LogP contribution in [0.5, 0.6) is 0 Å². The molecule has 0 aliphatic rings. The van der Waals surface area contributed by atoms with Gasteiger partial charge in [-0.05, 0) is 37.1 Å². The van der Waals surface area contributed by atoms with Crippen LogP contribution in [0.15, 0.2) is 47.1 Å². The van der Waals surface area contributed by atoms with Crippen molar-refractivity contribution in [3.63, 3.8) is 0 Å². The molecule has 4 nitrogen and oxygen atoms in total. The van der Waals surface area contributed by atoms with Crippen LogP contribution in [0.4, 0.5) is 0 Å². The molecule has 0 spiro atoms. The van der Waals surface area contributed by atoms with Gasteiger partial charge in [-0.15, -0.1) is 0 Å². The molecule has 21 heavy (non-hydrogen) atoms. The Hall–Kier alpha value is -2.07. The van der Waals surface area contributed by atoms with Gasteiger partial charge in [0.25, 0.3) is 0 Å². The van der Waals surface area contributed by atoms with Crippen LogP contribution in [-0.2, 0) is 13.5 Å². The number of aryl methyl sites for hydroxylation is 2. The summed E-state index contributed by atoms with van der Waals surface area (Å²) in [6.45, 7) is 3.05. The van der Waals surface area contributed by atoms with E-state index >= 15 is 0 Å². The summed E-state index contributed by atoms with van der Waals surface area (Å²) in [5.74, 6) is 1.02. The van der Waals surface area contributed by atoms with Gasteiger partial charge in [0.2, 0.25) is 0 Å². The van der Waals surface area contributed by atoms with E-state index in [1.807, 2.05) is 36.1 Å². The molecule has 1 N–H and O–H groups in total. The van der Waals surface area contributed by atoms with Crippen molar-refractivity contribution in [3.05, 3.63) is 54.0 Å². The zero-order valence-corrected chi connectivity index (χ0v) is 12.5. The molecule has 2 aromatic heterocycles. The van der Waals surface area contributed by atoms with Gasteiger partial charge in [0, 0.05) is 18.6 Å². The molecule has 3 rings (SSSR count). The number of rotatable bonds is 6. The highest BCUT2D eigenvalue weighted by Gasteiger charge is 2.15. The van der Waals surface area contributed by atoms with Gasteiger partial charge in [-0.2, -0.15) is 5.10 Å². The highest BCUT2D eigenvalue weighted by Crippen LogP contribution is 2.26. The smallest absolute Gasteiger partial charge is 0.134 e. The average molecular weight is 283 g/mol. The van der Waals surface area contributed by atoms with Gasteiger partial charge in [-0.1, -0.05) is 25.1 Å². The SMILES string of the molecule is CCNC(CCc1cnn(C)c1)c1cc2ccccc2o1. The van der Waals surface area contributed by atoms with Gasteiger partial charge in [0.1, 0.15) is 11.3 Å². The standard InChI is InChI=1S/C17H21N3O/c1-3-18-15(9-8-13-11-19-20(2)12-13)17-10-14-6-4-5-7-16(14)21-17/h4-7,10-12,15,18H,3,8-9H2,1-2H3. The lowest BCUT2D eigenvalue weighted by molar-refractivity contribution is 0.417. The van der Waals surface area contributed by atoms with Gasteiger partial charge >= 0.3 is 0 Å².